The van der Waals surface area contributed by atoms with Crippen LogP contribution >= 0.6 is 0 Å². The number of benzene rings is 1. The smallest absolute Gasteiger partial charge is 0.240 e. The number of fused-ring (bicyclic) bond motifs is 2. The SMILES string of the molecule is O=C(Cn1ccc(=O)c2ccccc21)NCc1cc2n(n1)CCCNC2. The Labute approximate surface area is 150 Å². The summed E-state index contributed by atoms with van der Waals surface area (Å²) in [7, 11) is 0. The van der Waals surface area contributed by atoms with Gasteiger partial charge in [0.25, 0.3) is 0 Å². The maximum atomic E-state index is 12.4. The fourth-order valence-corrected chi connectivity index (χ4v) is 3.31. The summed E-state index contributed by atoms with van der Waals surface area (Å²) in [5.41, 5.74) is 2.74. The number of carbonyl (C=O) groups excluding carboxylic acids is 1. The van der Waals surface area contributed by atoms with Gasteiger partial charge in [-0.25, -0.2) is 0 Å². The van der Waals surface area contributed by atoms with Gasteiger partial charge in [-0.15, -0.1) is 0 Å². The fourth-order valence-electron chi connectivity index (χ4n) is 3.31. The van der Waals surface area contributed by atoms with Crippen molar-refractivity contribution in [3.8, 4) is 0 Å². The Morgan fingerprint density at radius 2 is 2.15 bits per heavy atom. The van der Waals surface area contributed by atoms with Crippen LogP contribution in [-0.2, 0) is 31.0 Å². The van der Waals surface area contributed by atoms with Gasteiger partial charge < -0.3 is 15.2 Å². The van der Waals surface area contributed by atoms with Crippen molar-refractivity contribution in [2.24, 2.45) is 0 Å². The molecule has 1 aliphatic rings. The molecular formula is C19H21N5O2. The molecule has 0 bridgehead atoms. The molecule has 0 spiro atoms. The van der Waals surface area contributed by atoms with Crippen LogP contribution in [0.15, 0.2) is 47.4 Å². The number of hydrogen-bond acceptors (Lipinski definition) is 4. The first-order valence-corrected chi connectivity index (χ1v) is 8.82. The number of pyridine rings is 1. The third kappa shape index (κ3) is 3.39. The van der Waals surface area contributed by atoms with Gasteiger partial charge in [0, 0.05) is 30.7 Å². The largest absolute Gasteiger partial charge is 0.349 e. The molecule has 2 N–H and O–H groups in total. The summed E-state index contributed by atoms with van der Waals surface area (Å²) in [4.78, 5) is 24.3. The maximum absolute atomic E-state index is 12.4. The second kappa shape index (κ2) is 7.13. The molecule has 4 rings (SSSR count). The second-order valence-corrected chi connectivity index (χ2v) is 6.48. The summed E-state index contributed by atoms with van der Waals surface area (Å²) in [5.74, 6) is -0.111. The zero-order chi connectivity index (χ0) is 17.9. The molecule has 26 heavy (non-hydrogen) atoms. The molecule has 3 heterocycles. The van der Waals surface area contributed by atoms with E-state index in [1.807, 2.05) is 28.9 Å². The molecule has 0 aliphatic carbocycles. The molecule has 1 aliphatic heterocycles. The number of carbonyl (C=O) groups is 1. The minimum atomic E-state index is -0.111. The van der Waals surface area contributed by atoms with Crippen molar-refractivity contribution >= 4 is 16.8 Å². The number of nitrogens with one attached hydrogen (secondary N) is 2. The Bertz CT molecular complexity index is 981. The van der Waals surface area contributed by atoms with Crippen LogP contribution in [0.3, 0.4) is 0 Å². The van der Waals surface area contributed by atoms with E-state index in [1.165, 1.54) is 6.07 Å². The molecule has 0 atom stereocenters. The summed E-state index contributed by atoms with van der Waals surface area (Å²) in [5, 5.41) is 11.5. The van der Waals surface area contributed by atoms with Crippen LogP contribution in [0.5, 0.6) is 0 Å². The molecule has 0 saturated carbocycles. The Kier molecular flexibility index (Phi) is 4.53. The molecule has 3 aromatic rings. The summed E-state index contributed by atoms with van der Waals surface area (Å²) in [6, 6.07) is 10.8. The van der Waals surface area contributed by atoms with Crippen molar-refractivity contribution in [2.75, 3.05) is 6.54 Å². The predicted octanol–water partition coefficient (Wildman–Crippen LogP) is 1.01. The number of nitrogens with zero attached hydrogens (tertiary/aromatic N) is 3. The van der Waals surface area contributed by atoms with Gasteiger partial charge in [0.1, 0.15) is 6.54 Å². The topological polar surface area (TPSA) is 81.0 Å². The van der Waals surface area contributed by atoms with E-state index in [2.05, 4.69) is 15.7 Å². The lowest BCUT2D eigenvalue weighted by Crippen LogP contribution is -2.28. The average Bonchev–Trinajstić information content (AvgIpc) is 2.92. The van der Waals surface area contributed by atoms with Crippen molar-refractivity contribution in [1.82, 2.24) is 25.0 Å². The predicted molar refractivity (Wildman–Crippen MR) is 98.6 cm³/mol. The van der Waals surface area contributed by atoms with Gasteiger partial charge in [0.05, 0.1) is 23.4 Å². The number of amides is 1. The van der Waals surface area contributed by atoms with E-state index in [9.17, 15) is 9.59 Å². The minimum Gasteiger partial charge on any atom is -0.349 e. The summed E-state index contributed by atoms with van der Waals surface area (Å²) in [6.07, 6.45) is 2.72. The van der Waals surface area contributed by atoms with Crippen LogP contribution in [0.25, 0.3) is 10.9 Å². The highest BCUT2D eigenvalue weighted by atomic mass is 16.2. The Hall–Kier alpha value is -2.93. The molecular weight excluding hydrogens is 330 g/mol. The van der Waals surface area contributed by atoms with Crippen LogP contribution in [-0.4, -0.2) is 26.8 Å². The van der Waals surface area contributed by atoms with Gasteiger partial charge in [-0.1, -0.05) is 12.1 Å². The molecule has 7 nitrogen and oxygen atoms in total. The molecule has 134 valence electrons. The van der Waals surface area contributed by atoms with Crippen LogP contribution in [0.1, 0.15) is 17.8 Å². The lowest BCUT2D eigenvalue weighted by molar-refractivity contribution is -0.121. The van der Waals surface area contributed by atoms with Gasteiger partial charge in [-0.2, -0.15) is 5.10 Å². The number of hydrogen-bond donors (Lipinski definition) is 2. The Morgan fingerprint density at radius 1 is 1.27 bits per heavy atom. The highest BCUT2D eigenvalue weighted by Crippen LogP contribution is 2.10. The number of rotatable bonds is 4. The first-order valence-electron chi connectivity index (χ1n) is 8.82. The molecule has 1 amide bonds. The molecule has 0 saturated heterocycles. The van der Waals surface area contributed by atoms with Crippen molar-refractivity contribution in [3.05, 3.63) is 64.2 Å². The lowest BCUT2D eigenvalue weighted by Gasteiger charge is -2.10. The minimum absolute atomic E-state index is 0.0367. The van der Waals surface area contributed by atoms with Crippen molar-refractivity contribution in [1.29, 1.82) is 0 Å². The molecule has 0 fully saturated rings. The van der Waals surface area contributed by atoms with Gasteiger partial charge in [0.15, 0.2) is 5.43 Å². The number of aromatic nitrogens is 3. The monoisotopic (exact) mass is 351 g/mol. The quantitative estimate of drug-likeness (QED) is 0.735. The maximum Gasteiger partial charge on any atom is 0.240 e. The van der Waals surface area contributed by atoms with Gasteiger partial charge in [-0.05, 0) is 31.2 Å². The van der Waals surface area contributed by atoms with Crippen LogP contribution in [0, 0.1) is 0 Å². The Balaban J connectivity index is 1.44. The van der Waals surface area contributed by atoms with Crippen molar-refractivity contribution < 1.29 is 4.79 Å². The first kappa shape index (κ1) is 16.5. The van der Waals surface area contributed by atoms with Crippen LogP contribution < -0.4 is 16.1 Å². The standard InChI is InChI=1S/C19H21N5O2/c25-18-6-9-23(17-5-2-1-4-16(17)18)13-19(26)21-11-14-10-15-12-20-7-3-8-24(15)22-14/h1-2,4-6,9-10,20H,3,7-8,11-13H2,(H,21,26). The molecule has 1 aromatic carbocycles. The van der Waals surface area contributed by atoms with E-state index in [1.54, 1.807) is 16.8 Å². The highest BCUT2D eigenvalue weighted by Gasteiger charge is 2.12. The number of para-hydroxylation sites is 1. The van der Waals surface area contributed by atoms with Gasteiger partial charge in [-0.3, -0.25) is 14.3 Å². The van der Waals surface area contributed by atoms with Crippen LogP contribution in [0.2, 0.25) is 0 Å². The highest BCUT2D eigenvalue weighted by molar-refractivity contribution is 5.82. The van der Waals surface area contributed by atoms with Crippen molar-refractivity contribution in [3.63, 3.8) is 0 Å². The zero-order valence-corrected chi connectivity index (χ0v) is 14.4. The van der Waals surface area contributed by atoms with E-state index in [0.29, 0.717) is 11.9 Å². The number of aryl methyl sites for hydroxylation is 1. The van der Waals surface area contributed by atoms with E-state index in [0.717, 1.165) is 43.0 Å². The second-order valence-electron chi connectivity index (χ2n) is 6.48. The van der Waals surface area contributed by atoms with E-state index >= 15 is 0 Å². The van der Waals surface area contributed by atoms with Gasteiger partial charge in [0.2, 0.25) is 5.91 Å². The van der Waals surface area contributed by atoms with E-state index in [4.69, 9.17) is 0 Å². The lowest BCUT2D eigenvalue weighted by atomic mass is 10.2. The van der Waals surface area contributed by atoms with Crippen LogP contribution in [0.4, 0.5) is 0 Å². The molecule has 0 radical (unpaired) electrons. The summed E-state index contributed by atoms with van der Waals surface area (Å²) >= 11 is 0. The normalized spacial score (nSPS) is 14.0. The van der Waals surface area contributed by atoms with E-state index in [-0.39, 0.29) is 17.9 Å². The van der Waals surface area contributed by atoms with Crippen molar-refractivity contribution in [2.45, 2.75) is 32.6 Å². The molecule has 7 heteroatoms. The summed E-state index contributed by atoms with van der Waals surface area (Å²) < 4.78 is 3.80. The van der Waals surface area contributed by atoms with E-state index < -0.39 is 0 Å². The average molecular weight is 351 g/mol. The first-order chi connectivity index (χ1) is 12.7. The fraction of sp³-hybridized carbons (Fsp3) is 0.316. The summed E-state index contributed by atoms with van der Waals surface area (Å²) in [6.45, 7) is 3.28. The molecule has 0 unspecified atom stereocenters. The molecule has 2 aromatic heterocycles. The van der Waals surface area contributed by atoms with Gasteiger partial charge >= 0.3 is 0 Å². The third-order valence-electron chi connectivity index (χ3n) is 4.61. The Morgan fingerprint density at radius 3 is 3.08 bits per heavy atom. The zero-order valence-electron chi connectivity index (χ0n) is 14.4. The third-order valence-corrected chi connectivity index (χ3v) is 4.61.